The van der Waals surface area contributed by atoms with Gasteiger partial charge in [-0.05, 0) is 61.1 Å². The molecule has 2 unspecified atom stereocenters. The maximum Gasteiger partial charge on any atom is 0.254 e. The van der Waals surface area contributed by atoms with Crippen LogP contribution in [0.25, 0.3) is 11.1 Å². The number of rotatable bonds is 4. The highest BCUT2D eigenvalue weighted by Crippen LogP contribution is 2.41. The third-order valence-electron chi connectivity index (χ3n) is 6.24. The Hall–Kier alpha value is -3.15. The van der Waals surface area contributed by atoms with E-state index in [1.165, 1.54) is 0 Å². The van der Waals surface area contributed by atoms with Gasteiger partial charge in [0.25, 0.3) is 5.91 Å². The number of carbonyl (C=O) groups excluding carboxylic acids is 1. The van der Waals surface area contributed by atoms with Gasteiger partial charge in [-0.25, -0.2) is 0 Å². The van der Waals surface area contributed by atoms with Gasteiger partial charge in [0.15, 0.2) is 0 Å². The van der Waals surface area contributed by atoms with Crippen LogP contribution in [0.15, 0.2) is 60.9 Å². The highest BCUT2D eigenvalue weighted by Gasteiger charge is 2.44. The Morgan fingerprint density at radius 1 is 0.931 bits per heavy atom. The fourth-order valence-corrected chi connectivity index (χ4v) is 4.84. The van der Waals surface area contributed by atoms with Gasteiger partial charge in [0.05, 0.1) is 25.5 Å². The zero-order valence-corrected chi connectivity index (χ0v) is 16.4. The van der Waals surface area contributed by atoms with Crippen LogP contribution < -0.4 is 4.74 Å². The summed E-state index contributed by atoms with van der Waals surface area (Å²) < 4.78 is 5.31. The molecule has 0 saturated carbocycles. The van der Waals surface area contributed by atoms with Crippen molar-refractivity contribution in [2.45, 2.75) is 43.8 Å². The summed E-state index contributed by atoms with van der Waals surface area (Å²) in [6.45, 7) is 0. The molecule has 2 atom stereocenters. The van der Waals surface area contributed by atoms with Gasteiger partial charge < -0.3 is 9.64 Å². The van der Waals surface area contributed by atoms with E-state index < -0.39 is 0 Å². The summed E-state index contributed by atoms with van der Waals surface area (Å²) in [6.07, 6.45) is 7.44. The molecule has 6 nitrogen and oxygen atoms in total. The van der Waals surface area contributed by atoms with E-state index in [0.717, 1.165) is 48.1 Å². The number of hydrogen-bond donors (Lipinski definition) is 0. The Morgan fingerprint density at radius 3 is 2.28 bits per heavy atom. The molecule has 2 fully saturated rings. The summed E-state index contributed by atoms with van der Waals surface area (Å²) in [5, 5.41) is 8.62. The minimum Gasteiger partial charge on any atom is -0.497 e. The summed E-state index contributed by atoms with van der Waals surface area (Å²) >= 11 is 0. The van der Waals surface area contributed by atoms with Crippen molar-refractivity contribution in [1.29, 1.82) is 0 Å². The number of methoxy groups -OCH3 is 1. The number of amides is 1. The molecule has 6 heteroatoms. The largest absolute Gasteiger partial charge is 0.497 e. The lowest BCUT2D eigenvalue weighted by Gasteiger charge is -2.38. The molecule has 0 spiro atoms. The van der Waals surface area contributed by atoms with Crippen molar-refractivity contribution in [3.8, 4) is 16.9 Å². The van der Waals surface area contributed by atoms with Gasteiger partial charge in [0.1, 0.15) is 5.75 Å². The number of ether oxygens (including phenoxy) is 1. The van der Waals surface area contributed by atoms with Crippen LogP contribution in [0.1, 0.15) is 42.1 Å². The smallest absolute Gasteiger partial charge is 0.254 e. The monoisotopic (exact) mass is 388 g/mol. The normalized spacial score (nSPS) is 23.2. The lowest BCUT2D eigenvalue weighted by molar-refractivity contribution is 0.0512. The first-order valence-corrected chi connectivity index (χ1v) is 10.2. The van der Waals surface area contributed by atoms with Crippen molar-refractivity contribution in [2.75, 3.05) is 7.11 Å². The Kier molecular flexibility index (Phi) is 4.54. The molecular weight excluding hydrogens is 364 g/mol. The molecule has 0 radical (unpaired) electrons. The number of benzene rings is 2. The van der Waals surface area contributed by atoms with Crippen LogP contribution in [0.2, 0.25) is 0 Å². The second-order valence-electron chi connectivity index (χ2n) is 7.88. The number of carbonyl (C=O) groups is 1. The number of hydrogen-bond acceptors (Lipinski definition) is 4. The second kappa shape index (κ2) is 7.35. The maximum atomic E-state index is 13.3. The standard InChI is InChI=1S/C23H24N4O2/c1-29-22-4-2-3-18(13-22)16-5-7-17(8-6-16)23(28)26-19-9-10-20(26)15-21(14-19)27-24-11-12-25-27/h2-8,11-13,19-21H,9-10,14-15H2,1H3. The van der Waals surface area contributed by atoms with E-state index in [0.29, 0.717) is 6.04 Å². The zero-order chi connectivity index (χ0) is 19.8. The lowest BCUT2D eigenvalue weighted by atomic mass is 9.96. The molecule has 148 valence electrons. The molecule has 3 heterocycles. The van der Waals surface area contributed by atoms with Crippen molar-refractivity contribution < 1.29 is 9.53 Å². The Morgan fingerprint density at radius 2 is 1.62 bits per heavy atom. The van der Waals surface area contributed by atoms with Crippen molar-refractivity contribution >= 4 is 5.91 Å². The molecule has 2 bridgehead atoms. The average Bonchev–Trinajstić information content (AvgIpc) is 3.40. The van der Waals surface area contributed by atoms with Gasteiger partial charge >= 0.3 is 0 Å². The maximum absolute atomic E-state index is 13.3. The molecule has 1 amide bonds. The molecule has 2 aliphatic rings. The van der Waals surface area contributed by atoms with Crippen LogP contribution in [0, 0.1) is 0 Å². The minimum atomic E-state index is 0.140. The van der Waals surface area contributed by atoms with Gasteiger partial charge in [0.2, 0.25) is 0 Å². The van der Waals surface area contributed by atoms with E-state index >= 15 is 0 Å². The molecule has 5 rings (SSSR count). The fraction of sp³-hybridized carbons (Fsp3) is 0.348. The molecule has 3 aromatic rings. The van der Waals surface area contributed by atoms with Gasteiger partial charge in [-0.2, -0.15) is 15.0 Å². The number of piperidine rings is 1. The first kappa shape index (κ1) is 17.9. The predicted octanol–water partition coefficient (Wildman–Crippen LogP) is 3.96. The predicted molar refractivity (Wildman–Crippen MR) is 110 cm³/mol. The first-order valence-electron chi connectivity index (χ1n) is 10.2. The molecule has 2 saturated heterocycles. The Balaban J connectivity index is 1.33. The van der Waals surface area contributed by atoms with Crippen molar-refractivity contribution in [2.24, 2.45) is 0 Å². The first-order chi connectivity index (χ1) is 14.2. The van der Waals surface area contributed by atoms with Gasteiger partial charge in [0, 0.05) is 17.6 Å². The average molecular weight is 388 g/mol. The van der Waals surface area contributed by atoms with Crippen molar-refractivity contribution in [3.05, 3.63) is 66.5 Å². The third-order valence-corrected chi connectivity index (χ3v) is 6.24. The zero-order valence-electron chi connectivity index (χ0n) is 16.4. The molecule has 1 aromatic heterocycles. The van der Waals surface area contributed by atoms with E-state index in [9.17, 15) is 4.79 Å². The Labute approximate surface area is 170 Å². The number of fused-ring (bicyclic) bond motifs is 2. The van der Waals surface area contributed by atoms with Gasteiger partial charge in [-0.3, -0.25) is 4.79 Å². The molecule has 0 N–H and O–H groups in total. The van der Waals surface area contributed by atoms with Crippen LogP contribution in [0.5, 0.6) is 5.75 Å². The lowest BCUT2D eigenvalue weighted by Crippen LogP contribution is -2.47. The van der Waals surface area contributed by atoms with Crippen LogP contribution in [0.3, 0.4) is 0 Å². The van der Waals surface area contributed by atoms with Crippen molar-refractivity contribution in [3.63, 3.8) is 0 Å². The second-order valence-corrected chi connectivity index (χ2v) is 7.88. The summed E-state index contributed by atoms with van der Waals surface area (Å²) in [7, 11) is 1.67. The SMILES string of the molecule is COc1cccc(-c2ccc(C(=O)N3C4CCC3CC(n3nccn3)C4)cc2)c1. The number of aromatic nitrogens is 3. The fourth-order valence-electron chi connectivity index (χ4n) is 4.84. The highest BCUT2D eigenvalue weighted by molar-refractivity contribution is 5.95. The van der Waals surface area contributed by atoms with E-state index in [1.54, 1.807) is 19.5 Å². The summed E-state index contributed by atoms with van der Waals surface area (Å²) in [4.78, 5) is 17.2. The Bertz CT molecular complexity index is 986. The molecule has 29 heavy (non-hydrogen) atoms. The van der Waals surface area contributed by atoms with Crippen LogP contribution in [0.4, 0.5) is 0 Å². The van der Waals surface area contributed by atoms with Crippen LogP contribution >= 0.6 is 0 Å². The summed E-state index contributed by atoms with van der Waals surface area (Å²) in [5.41, 5.74) is 2.91. The summed E-state index contributed by atoms with van der Waals surface area (Å²) in [5.74, 6) is 0.968. The molecule has 2 aliphatic heterocycles. The van der Waals surface area contributed by atoms with Crippen LogP contribution in [-0.2, 0) is 0 Å². The highest BCUT2D eigenvalue weighted by atomic mass is 16.5. The number of nitrogens with zero attached hydrogens (tertiary/aromatic N) is 4. The topological polar surface area (TPSA) is 60.2 Å². The van der Waals surface area contributed by atoms with Crippen LogP contribution in [-0.4, -0.2) is 45.0 Å². The van der Waals surface area contributed by atoms with Crippen molar-refractivity contribution in [1.82, 2.24) is 19.9 Å². The van der Waals surface area contributed by atoms with E-state index in [2.05, 4.69) is 15.1 Å². The summed E-state index contributed by atoms with van der Waals surface area (Å²) in [6, 6.07) is 16.7. The van der Waals surface area contributed by atoms with E-state index in [4.69, 9.17) is 4.74 Å². The van der Waals surface area contributed by atoms with E-state index in [-0.39, 0.29) is 18.0 Å². The quantitative estimate of drug-likeness (QED) is 0.679. The van der Waals surface area contributed by atoms with Gasteiger partial charge in [-0.1, -0.05) is 24.3 Å². The molecule has 0 aliphatic carbocycles. The minimum absolute atomic E-state index is 0.140. The molecule has 2 aromatic carbocycles. The van der Waals surface area contributed by atoms with E-state index in [1.807, 2.05) is 53.3 Å². The third kappa shape index (κ3) is 3.28. The van der Waals surface area contributed by atoms with Gasteiger partial charge in [-0.15, -0.1) is 0 Å². The molecular formula is C23H24N4O2.